The summed E-state index contributed by atoms with van der Waals surface area (Å²) in [5.41, 5.74) is 1.19. The van der Waals surface area contributed by atoms with Crippen molar-refractivity contribution in [1.29, 1.82) is 0 Å². The molecule has 13 nitrogen and oxygen atoms in total. The van der Waals surface area contributed by atoms with Gasteiger partial charge in [-0.2, -0.15) is 0 Å². The zero-order valence-corrected chi connectivity index (χ0v) is 22.1. The van der Waals surface area contributed by atoms with E-state index in [9.17, 15) is 24.0 Å². The van der Waals surface area contributed by atoms with Crippen LogP contribution in [-0.4, -0.2) is 69.8 Å². The molecule has 13 heteroatoms. The number of carbonyl (C=O) groups is 5. The number of fused-ring (bicyclic) bond motifs is 2. The molecule has 4 amide bonds. The van der Waals surface area contributed by atoms with Gasteiger partial charge in [0.2, 0.25) is 17.7 Å². The number of nitrogens with zero attached hydrogens (tertiary/aromatic N) is 3. The number of ether oxygens (including phenoxy) is 1. The molecule has 2 heterocycles. The first-order valence-corrected chi connectivity index (χ1v) is 12.9. The molecule has 0 fully saturated rings. The third kappa shape index (κ3) is 9.83. The van der Waals surface area contributed by atoms with E-state index in [1.807, 2.05) is 32.0 Å². The average Bonchev–Trinajstić information content (AvgIpc) is 3.35. The van der Waals surface area contributed by atoms with Crippen molar-refractivity contribution in [2.24, 2.45) is 5.92 Å². The van der Waals surface area contributed by atoms with E-state index in [4.69, 9.17) is 4.74 Å². The molecule has 0 spiro atoms. The van der Waals surface area contributed by atoms with Crippen molar-refractivity contribution in [3.05, 3.63) is 47.8 Å². The Hall–Kier alpha value is -4.29. The maximum atomic E-state index is 13.4. The first-order valence-electron chi connectivity index (χ1n) is 12.9. The van der Waals surface area contributed by atoms with Gasteiger partial charge in [0.05, 0.1) is 18.3 Å². The number of nitrogens with one attached hydrogen (secondary N) is 4. The van der Waals surface area contributed by atoms with E-state index in [-0.39, 0.29) is 50.7 Å². The van der Waals surface area contributed by atoms with E-state index in [0.717, 1.165) is 5.56 Å². The Morgan fingerprint density at radius 2 is 1.95 bits per heavy atom. The quantitative estimate of drug-likeness (QED) is 0.376. The lowest BCUT2D eigenvalue weighted by Gasteiger charge is -2.25. The Kier molecular flexibility index (Phi) is 11.0. The minimum atomic E-state index is -1.13. The summed E-state index contributed by atoms with van der Waals surface area (Å²) in [6, 6.07) is 6.08. The third-order valence-corrected chi connectivity index (χ3v) is 6.00. The molecule has 0 saturated carbocycles. The van der Waals surface area contributed by atoms with Crippen LogP contribution in [0.5, 0.6) is 0 Å². The summed E-state index contributed by atoms with van der Waals surface area (Å²) >= 11 is 0. The van der Waals surface area contributed by atoms with Crippen LogP contribution < -0.4 is 21.3 Å². The van der Waals surface area contributed by atoms with Crippen molar-refractivity contribution in [3.8, 4) is 0 Å². The van der Waals surface area contributed by atoms with Crippen LogP contribution >= 0.6 is 0 Å². The van der Waals surface area contributed by atoms with Gasteiger partial charge in [-0.15, -0.1) is 5.10 Å². The molecule has 2 aromatic rings. The maximum Gasteiger partial charge on any atom is 0.408 e. The van der Waals surface area contributed by atoms with Gasteiger partial charge < -0.3 is 30.8 Å². The van der Waals surface area contributed by atoms with Gasteiger partial charge in [-0.05, 0) is 24.3 Å². The Balaban J connectivity index is 1.81. The van der Waals surface area contributed by atoms with Crippen LogP contribution in [-0.2, 0) is 43.5 Å². The van der Waals surface area contributed by atoms with Crippen molar-refractivity contribution in [2.45, 2.75) is 70.8 Å². The van der Waals surface area contributed by atoms with Gasteiger partial charge in [-0.25, -0.2) is 4.79 Å². The molecule has 39 heavy (non-hydrogen) atoms. The minimum absolute atomic E-state index is 0.00831. The molecule has 0 saturated heterocycles. The zero-order valence-electron chi connectivity index (χ0n) is 22.1. The SMILES string of the molecule is CC(C)C[C@@H]1NC(=O)[C@@H](NC(=O)OCc2ccccc2)Cc2cn(nn2)CCNC(=O)CC[C@@H](C=O)NC1=O. The largest absolute Gasteiger partial charge is 0.445 e. The molecule has 1 aromatic carbocycles. The molecular weight excluding hydrogens is 506 g/mol. The molecular formula is C26H35N7O6. The number of aromatic nitrogens is 3. The van der Waals surface area contributed by atoms with Gasteiger partial charge in [-0.1, -0.05) is 49.4 Å². The molecule has 1 aromatic heterocycles. The van der Waals surface area contributed by atoms with Gasteiger partial charge in [0.1, 0.15) is 25.0 Å². The fourth-order valence-corrected chi connectivity index (χ4v) is 3.98. The highest BCUT2D eigenvalue weighted by molar-refractivity contribution is 5.92. The van der Waals surface area contributed by atoms with Crippen LogP contribution in [0, 0.1) is 5.92 Å². The average molecular weight is 542 g/mol. The second-order valence-electron chi connectivity index (χ2n) is 9.77. The van der Waals surface area contributed by atoms with Crippen molar-refractivity contribution in [1.82, 2.24) is 36.3 Å². The van der Waals surface area contributed by atoms with E-state index >= 15 is 0 Å². The first kappa shape index (κ1) is 29.3. The fraction of sp³-hybridized carbons (Fsp3) is 0.500. The summed E-state index contributed by atoms with van der Waals surface area (Å²) in [6.07, 6.45) is 1.76. The zero-order chi connectivity index (χ0) is 28.2. The Morgan fingerprint density at radius 3 is 2.67 bits per heavy atom. The number of hydrogen-bond acceptors (Lipinski definition) is 8. The van der Waals surface area contributed by atoms with Crippen molar-refractivity contribution >= 4 is 30.1 Å². The molecule has 210 valence electrons. The second kappa shape index (κ2) is 14.6. The van der Waals surface area contributed by atoms with E-state index in [0.29, 0.717) is 18.5 Å². The van der Waals surface area contributed by atoms with Gasteiger partial charge in [0.15, 0.2) is 0 Å². The normalized spacial score (nSPS) is 21.2. The fourth-order valence-electron chi connectivity index (χ4n) is 3.98. The number of aldehydes is 1. The monoisotopic (exact) mass is 541 g/mol. The third-order valence-electron chi connectivity index (χ3n) is 6.00. The molecule has 0 unspecified atom stereocenters. The van der Waals surface area contributed by atoms with Gasteiger partial charge in [0, 0.05) is 25.6 Å². The van der Waals surface area contributed by atoms with E-state index < -0.39 is 36.0 Å². The van der Waals surface area contributed by atoms with Gasteiger partial charge in [-0.3, -0.25) is 19.1 Å². The van der Waals surface area contributed by atoms with Crippen LogP contribution in [0.25, 0.3) is 0 Å². The van der Waals surface area contributed by atoms with Crippen LogP contribution in [0.2, 0.25) is 0 Å². The Bertz CT molecular complexity index is 1140. The summed E-state index contributed by atoms with van der Waals surface area (Å²) in [5, 5.41) is 18.7. The van der Waals surface area contributed by atoms with Crippen LogP contribution in [0.3, 0.4) is 0 Å². The molecule has 4 N–H and O–H groups in total. The molecule has 3 rings (SSSR count). The molecule has 1 aliphatic rings. The number of benzene rings is 1. The van der Waals surface area contributed by atoms with Crippen molar-refractivity contribution < 1.29 is 28.7 Å². The van der Waals surface area contributed by atoms with Crippen LogP contribution in [0.4, 0.5) is 4.79 Å². The van der Waals surface area contributed by atoms with E-state index in [1.54, 1.807) is 18.3 Å². The molecule has 1 aliphatic heterocycles. The number of hydrogen-bond donors (Lipinski definition) is 4. The topological polar surface area (TPSA) is 173 Å². The summed E-state index contributed by atoms with van der Waals surface area (Å²) in [6.45, 7) is 4.38. The van der Waals surface area contributed by atoms with Crippen molar-refractivity contribution in [3.63, 3.8) is 0 Å². The van der Waals surface area contributed by atoms with Gasteiger partial charge >= 0.3 is 6.09 Å². The predicted molar refractivity (Wildman–Crippen MR) is 139 cm³/mol. The number of amides is 4. The highest BCUT2D eigenvalue weighted by Crippen LogP contribution is 2.09. The van der Waals surface area contributed by atoms with Crippen LogP contribution in [0.15, 0.2) is 36.5 Å². The number of carbonyl (C=O) groups excluding carboxylic acids is 5. The Morgan fingerprint density at radius 1 is 1.18 bits per heavy atom. The minimum Gasteiger partial charge on any atom is -0.445 e. The molecule has 0 aliphatic carbocycles. The molecule has 3 atom stereocenters. The van der Waals surface area contributed by atoms with Gasteiger partial charge in [0.25, 0.3) is 0 Å². The maximum absolute atomic E-state index is 13.4. The lowest BCUT2D eigenvalue weighted by molar-refractivity contribution is -0.131. The van der Waals surface area contributed by atoms with E-state index in [2.05, 4.69) is 31.6 Å². The van der Waals surface area contributed by atoms with Crippen LogP contribution in [0.1, 0.15) is 44.4 Å². The molecule has 2 bridgehead atoms. The summed E-state index contributed by atoms with van der Waals surface area (Å²) < 4.78 is 6.80. The number of alkyl carbamates (subject to hydrolysis) is 1. The molecule has 0 radical (unpaired) electrons. The Labute approximate surface area is 226 Å². The van der Waals surface area contributed by atoms with E-state index in [1.165, 1.54) is 4.68 Å². The second-order valence-corrected chi connectivity index (χ2v) is 9.77. The first-order chi connectivity index (χ1) is 18.7. The predicted octanol–water partition coefficient (Wildman–Crippen LogP) is 0.240. The summed E-state index contributed by atoms with van der Waals surface area (Å²) in [7, 11) is 0. The number of rotatable bonds is 6. The summed E-state index contributed by atoms with van der Waals surface area (Å²) in [5.74, 6) is -1.43. The van der Waals surface area contributed by atoms with Crippen molar-refractivity contribution in [2.75, 3.05) is 6.54 Å². The highest BCUT2D eigenvalue weighted by atomic mass is 16.5. The lowest BCUT2D eigenvalue weighted by Crippen LogP contribution is -2.56. The summed E-state index contributed by atoms with van der Waals surface area (Å²) in [4.78, 5) is 62.8. The lowest BCUT2D eigenvalue weighted by atomic mass is 10.0. The highest BCUT2D eigenvalue weighted by Gasteiger charge is 2.30. The standard InChI is InChI=1S/C26H35N7O6/c1-17(2)12-21-24(36)28-19(15-34)8-9-23(35)27-10-11-33-14-20(31-32-33)13-22(25(37)29-21)30-26(38)39-16-18-6-4-3-5-7-18/h3-7,14-15,17,19,21-22H,8-13,16H2,1-2H3,(H,27,35)(H,28,36)(H,29,37)(H,30,38)/t19-,21-,22-/m0/s1. The smallest absolute Gasteiger partial charge is 0.408 e.